The number of carbonyl (C=O) groups is 1. The minimum absolute atomic E-state index is 0.159. The third kappa shape index (κ3) is 4.34. The predicted octanol–water partition coefficient (Wildman–Crippen LogP) is 4.98. The number of hydrogen-bond acceptors (Lipinski definition) is 2. The number of anilines is 1. The SMILES string of the molecule is CC(Oc1cccc(Br)c1)C(=O)Nc1ccccc1C(C)C. The number of halogens is 1. The van der Waals surface area contributed by atoms with Crippen LogP contribution in [0.1, 0.15) is 32.3 Å². The molecule has 2 rings (SSSR count). The first kappa shape index (κ1) is 16.6. The normalized spacial score (nSPS) is 12.0. The molecule has 0 saturated carbocycles. The van der Waals surface area contributed by atoms with Gasteiger partial charge in [-0.2, -0.15) is 0 Å². The van der Waals surface area contributed by atoms with Crippen molar-refractivity contribution in [3.05, 3.63) is 58.6 Å². The summed E-state index contributed by atoms with van der Waals surface area (Å²) in [6.07, 6.45) is -0.575. The van der Waals surface area contributed by atoms with Crippen LogP contribution in [0, 0.1) is 0 Å². The van der Waals surface area contributed by atoms with Gasteiger partial charge in [-0.05, 0) is 42.7 Å². The van der Waals surface area contributed by atoms with Gasteiger partial charge in [-0.3, -0.25) is 4.79 Å². The molecule has 116 valence electrons. The molecule has 1 unspecified atom stereocenters. The first-order valence-electron chi connectivity index (χ1n) is 7.29. The highest BCUT2D eigenvalue weighted by Crippen LogP contribution is 2.24. The molecule has 0 radical (unpaired) electrons. The molecule has 0 fully saturated rings. The van der Waals surface area contributed by atoms with Crippen LogP contribution in [0.15, 0.2) is 53.0 Å². The van der Waals surface area contributed by atoms with Crippen LogP contribution in [0.2, 0.25) is 0 Å². The Labute approximate surface area is 139 Å². The Morgan fingerprint density at radius 2 is 1.82 bits per heavy atom. The maximum Gasteiger partial charge on any atom is 0.265 e. The highest BCUT2D eigenvalue weighted by molar-refractivity contribution is 9.10. The highest BCUT2D eigenvalue weighted by Gasteiger charge is 2.17. The van der Waals surface area contributed by atoms with E-state index in [4.69, 9.17) is 4.74 Å². The van der Waals surface area contributed by atoms with Crippen LogP contribution >= 0.6 is 15.9 Å². The van der Waals surface area contributed by atoms with Crippen LogP contribution in [0.4, 0.5) is 5.69 Å². The largest absolute Gasteiger partial charge is 0.481 e. The highest BCUT2D eigenvalue weighted by atomic mass is 79.9. The summed E-state index contributed by atoms with van der Waals surface area (Å²) in [7, 11) is 0. The monoisotopic (exact) mass is 361 g/mol. The first-order valence-corrected chi connectivity index (χ1v) is 8.08. The Morgan fingerprint density at radius 3 is 2.50 bits per heavy atom. The number of benzene rings is 2. The van der Waals surface area contributed by atoms with Crippen molar-refractivity contribution in [2.45, 2.75) is 32.8 Å². The molecule has 1 amide bonds. The third-order valence-corrected chi connectivity index (χ3v) is 3.81. The van der Waals surface area contributed by atoms with Gasteiger partial charge in [0.25, 0.3) is 5.91 Å². The van der Waals surface area contributed by atoms with Crippen LogP contribution in [0.25, 0.3) is 0 Å². The Balaban J connectivity index is 2.06. The van der Waals surface area contributed by atoms with Gasteiger partial charge in [-0.1, -0.05) is 54.0 Å². The van der Waals surface area contributed by atoms with E-state index in [1.165, 1.54) is 0 Å². The van der Waals surface area contributed by atoms with Crippen molar-refractivity contribution < 1.29 is 9.53 Å². The number of rotatable bonds is 5. The maximum atomic E-state index is 12.3. The topological polar surface area (TPSA) is 38.3 Å². The Hall–Kier alpha value is -1.81. The lowest BCUT2D eigenvalue weighted by atomic mass is 10.0. The van der Waals surface area contributed by atoms with E-state index in [1.807, 2.05) is 48.5 Å². The number of amides is 1. The zero-order valence-electron chi connectivity index (χ0n) is 13.0. The van der Waals surface area contributed by atoms with Gasteiger partial charge >= 0.3 is 0 Å². The quantitative estimate of drug-likeness (QED) is 0.815. The smallest absolute Gasteiger partial charge is 0.265 e. The third-order valence-electron chi connectivity index (χ3n) is 3.32. The van der Waals surface area contributed by atoms with Gasteiger partial charge in [-0.25, -0.2) is 0 Å². The Kier molecular flexibility index (Phi) is 5.61. The van der Waals surface area contributed by atoms with E-state index in [-0.39, 0.29) is 5.91 Å². The molecule has 4 heteroatoms. The molecule has 0 aliphatic rings. The minimum atomic E-state index is -0.575. The van der Waals surface area contributed by atoms with Gasteiger partial charge in [0.15, 0.2) is 6.10 Å². The van der Waals surface area contributed by atoms with Crippen molar-refractivity contribution in [3.63, 3.8) is 0 Å². The number of ether oxygens (including phenoxy) is 1. The first-order chi connectivity index (χ1) is 10.5. The zero-order chi connectivity index (χ0) is 16.1. The molecule has 0 aromatic heterocycles. The standard InChI is InChI=1S/C18H20BrNO2/c1-12(2)16-9-4-5-10-17(16)20-18(21)13(3)22-15-8-6-7-14(19)11-15/h4-13H,1-3H3,(H,20,21). The van der Waals surface area contributed by atoms with Gasteiger partial charge < -0.3 is 10.1 Å². The van der Waals surface area contributed by atoms with E-state index in [1.54, 1.807) is 6.92 Å². The fourth-order valence-electron chi connectivity index (χ4n) is 2.15. The van der Waals surface area contributed by atoms with Crippen molar-refractivity contribution in [1.82, 2.24) is 0 Å². The van der Waals surface area contributed by atoms with Crippen LogP contribution in [0.3, 0.4) is 0 Å². The summed E-state index contributed by atoms with van der Waals surface area (Å²) in [5.41, 5.74) is 1.96. The van der Waals surface area contributed by atoms with Gasteiger partial charge in [0.05, 0.1) is 0 Å². The maximum absolute atomic E-state index is 12.3. The van der Waals surface area contributed by atoms with Gasteiger partial charge in [0.1, 0.15) is 5.75 Å². The number of carbonyl (C=O) groups excluding carboxylic acids is 1. The second-order valence-corrected chi connectivity index (χ2v) is 6.36. The van der Waals surface area contributed by atoms with Gasteiger partial charge in [0, 0.05) is 10.2 Å². The molecule has 1 atom stereocenters. The van der Waals surface area contributed by atoms with E-state index >= 15 is 0 Å². The van der Waals surface area contributed by atoms with E-state index in [0.29, 0.717) is 11.7 Å². The Bertz CT molecular complexity index is 655. The van der Waals surface area contributed by atoms with Crippen molar-refractivity contribution in [3.8, 4) is 5.75 Å². The average molecular weight is 362 g/mol. The van der Waals surface area contributed by atoms with E-state index in [2.05, 4.69) is 35.1 Å². The summed E-state index contributed by atoms with van der Waals surface area (Å²) in [6.45, 7) is 5.95. The molecule has 2 aromatic carbocycles. The molecule has 3 nitrogen and oxygen atoms in total. The van der Waals surface area contributed by atoms with E-state index < -0.39 is 6.10 Å². The lowest BCUT2D eigenvalue weighted by Crippen LogP contribution is -2.30. The Morgan fingerprint density at radius 1 is 1.09 bits per heavy atom. The van der Waals surface area contributed by atoms with Gasteiger partial charge in [0.2, 0.25) is 0 Å². The van der Waals surface area contributed by atoms with Gasteiger partial charge in [-0.15, -0.1) is 0 Å². The summed E-state index contributed by atoms with van der Waals surface area (Å²) >= 11 is 3.39. The molecule has 0 bridgehead atoms. The molecule has 0 spiro atoms. The lowest BCUT2D eigenvalue weighted by Gasteiger charge is -2.17. The minimum Gasteiger partial charge on any atom is -0.481 e. The van der Waals surface area contributed by atoms with Crippen LogP contribution in [0.5, 0.6) is 5.75 Å². The number of nitrogens with one attached hydrogen (secondary N) is 1. The zero-order valence-corrected chi connectivity index (χ0v) is 14.6. The van der Waals surface area contributed by atoms with Crippen LogP contribution in [-0.2, 0) is 4.79 Å². The molecule has 0 heterocycles. The molecule has 0 saturated heterocycles. The van der Waals surface area contributed by atoms with E-state index in [9.17, 15) is 4.79 Å². The molecule has 22 heavy (non-hydrogen) atoms. The molecule has 0 aliphatic carbocycles. The van der Waals surface area contributed by atoms with Crippen molar-refractivity contribution in [2.75, 3.05) is 5.32 Å². The molecular weight excluding hydrogens is 342 g/mol. The van der Waals surface area contributed by atoms with Crippen molar-refractivity contribution in [2.24, 2.45) is 0 Å². The average Bonchev–Trinajstić information content (AvgIpc) is 2.47. The second kappa shape index (κ2) is 7.45. The summed E-state index contributed by atoms with van der Waals surface area (Å²) in [5, 5.41) is 2.95. The number of para-hydroxylation sites is 1. The fraction of sp³-hybridized carbons (Fsp3) is 0.278. The summed E-state index contributed by atoms with van der Waals surface area (Å²) in [4.78, 5) is 12.3. The lowest BCUT2D eigenvalue weighted by molar-refractivity contribution is -0.122. The van der Waals surface area contributed by atoms with E-state index in [0.717, 1.165) is 15.7 Å². The van der Waals surface area contributed by atoms with Crippen LogP contribution < -0.4 is 10.1 Å². The molecular formula is C18H20BrNO2. The summed E-state index contributed by atoms with van der Waals surface area (Å²) < 4.78 is 6.61. The fourth-order valence-corrected chi connectivity index (χ4v) is 2.52. The molecule has 2 aromatic rings. The second-order valence-electron chi connectivity index (χ2n) is 5.45. The summed E-state index contributed by atoms with van der Waals surface area (Å²) in [6, 6.07) is 15.3. The van der Waals surface area contributed by atoms with Crippen molar-refractivity contribution >= 4 is 27.5 Å². The van der Waals surface area contributed by atoms with Crippen LogP contribution in [-0.4, -0.2) is 12.0 Å². The summed E-state index contributed by atoms with van der Waals surface area (Å²) in [5.74, 6) is 0.847. The molecule has 0 aliphatic heterocycles. The van der Waals surface area contributed by atoms with Crippen molar-refractivity contribution in [1.29, 1.82) is 0 Å². The number of hydrogen-bond donors (Lipinski definition) is 1. The molecule has 1 N–H and O–H groups in total. The predicted molar refractivity (Wildman–Crippen MR) is 93.4 cm³/mol.